The van der Waals surface area contributed by atoms with Crippen molar-refractivity contribution in [2.45, 2.75) is 39.2 Å². The molecule has 84 valence electrons. The van der Waals surface area contributed by atoms with Crippen LogP contribution in [0.1, 0.15) is 37.5 Å². The summed E-state index contributed by atoms with van der Waals surface area (Å²) in [5.74, 6) is 1.84. The number of hydrogen-bond donors (Lipinski definition) is 1. The Bertz CT molecular complexity index is 271. The molecule has 2 nitrogen and oxygen atoms in total. The number of thiazole rings is 1. The third-order valence-corrected chi connectivity index (χ3v) is 4.04. The molecule has 1 aliphatic rings. The largest absolute Gasteiger partial charge is 0.312 e. The Kier molecular flexibility index (Phi) is 4.15. The molecule has 2 unspecified atom stereocenters. The van der Waals surface area contributed by atoms with Crippen LogP contribution in [0.25, 0.3) is 0 Å². The van der Waals surface area contributed by atoms with E-state index < -0.39 is 0 Å². The van der Waals surface area contributed by atoms with Crippen LogP contribution in [-0.2, 0) is 6.54 Å². The maximum absolute atomic E-state index is 4.08. The zero-order valence-electron chi connectivity index (χ0n) is 9.41. The summed E-state index contributed by atoms with van der Waals surface area (Å²) in [6.45, 7) is 4.56. The SMILES string of the molecule is CC1CCCC(CNCc2cncs2)C1. The van der Waals surface area contributed by atoms with E-state index in [1.165, 1.54) is 37.1 Å². The summed E-state index contributed by atoms with van der Waals surface area (Å²) in [6.07, 6.45) is 7.65. The van der Waals surface area contributed by atoms with Gasteiger partial charge in [-0.15, -0.1) is 11.3 Å². The van der Waals surface area contributed by atoms with Crippen molar-refractivity contribution in [3.8, 4) is 0 Å². The molecule has 2 atom stereocenters. The van der Waals surface area contributed by atoms with Crippen LogP contribution >= 0.6 is 11.3 Å². The van der Waals surface area contributed by atoms with Gasteiger partial charge in [-0.3, -0.25) is 4.98 Å². The van der Waals surface area contributed by atoms with E-state index in [0.717, 1.165) is 18.4 Å². The van der Waals surface area contributed by atoms with E-state index in [1.807, 2.05) is 11.7 Å². The lowest BCUT2D eigenvalue weighted by Gasteiger charge is -2.26. The standard InChI is InChI=1S/C12H20N2S/c1-10-3-2-4-11(5-10)6-13-7-12-8-14-9-15-12/h8-11,13H,2-7H2,1H3. The van der Waals surface area contributed by atoms with E-state index in [1.54, 1.807) is 11.3 Å². The molecule has 15 heavy (non-hydrogen) atoms. The lowest BCUT2D eigenvalue weighted by molar-refractivity contribution is 0.274. The summed E-state index contributed by atoms with van der Waals surface area (Å²) in [5, 5.41) is 3.55. The quantitative estimate of drug-likeness (QED) is 0.850. The Hall–Kier alpha value is -0.410. The molecule has 0 amide bonds. The van der Waals surface area contributed by atoms with Crippen LogP contribution in [-0.4, -0.2) is 11.5 Å². The summed E-state index contributed by atoms with van der Waals surface area (Å²) in [5.41, 5.74) is 1.90. The lowest BCUT2D eigenvalue weighted by atomic mass is 9.82. The third kappa shape index (κ3) is 3.58. The number of nitrogens with one attached hydrogen (secondary N) is 1. The fourth-order valence-corrected chi connectivity index (χ4v) is 3.04. The van der Waals surface area contributed by atoms with E-state index in [9.17, 15) is 0 Å². The summed E-state index contributed by atoms with van der Waals surface area (Å²) in [4.78, 5) is 5.42. The number of rotatable bonds is 4. The summed E-state index contributed by atoms with van der Waals surface area (Å²) >= 11 is 1.74. The molecule has 1 aromatic rings. The molecular weight excluding hydrogens is 204 g/mol. The average molecular weight is 224 g/mol. The third-order valence-electron chi connectivity index (χ3n) is 3.26. The van der Waals surface area contributed by atoms with Gasteiger partial charge in [0.1, 0.15) is 0 Å². The van der Waals surface area contributed by atoms with E-state index in [4.69, 9.17) is 0 Å². The molecule has 1 aliphatic carbocycles. The zero-order chi connectivity index (χ0) is 10.5. The van der Waals surface area contributed by atoms with Gasteiger partial charge in [-0.05, 0) is 31.2 Å². The fourth-order valence-electron chi connectivity index (χ4n) is 2.47. The highest BCUT2D eigenvalue weighted by Crippen LogP contribution is 2.27. The second-order valence-electron chi connectivity index (χ2n) is 4.74. The van der Waals surface area contributed by atoms with Crippen molar-refractivity contribution in [3.63, 3.8) is 0 Å². The number of hydrogen-bond acceptors (Lipinski definition) is 3. The minimum absolute atomic E-state index is 0.904. The minimum atomic E-state index is 0.904. The van der Waals surface area contributed by atoms with Crippen LogP contribution < -0.4 is 5.32 Å². The van der Waals surface area contributed by atoms with Gasteiger partial charge in [-0.25, -0.2) is 0 Å². The van der Waals surface area contributed by atoms with Crippen molar-refractivity contribution in [1.29, 1.82) is 0 Å². The highest BCUT2D eigenvalue weighted by molar-refractivity contribution is 7.09. The zero-order valence-corrected chi connectivity index (χ0v) is 10.2. The van der Waals surface area contributed by atoms with Crippen molar-refractivity contribution in [2.75, 3.05) is 6.54 Å². The number of aromatic nitrogens is 1. The molecule has 0 aliphatic heterocycles. The van der Waals surface area contributed by atoms with Gasteiger partial charge in [-0.1, -0.05) is 19.8 Å². The molecule has 1 heterocycles. The second kappa shape index (κ2) is 5.61. The highest BCUT2D eigenvalue weighted by atomic mass is 32.1. The first-order valence-corrected chi connectivity index (χ1v) is 6.80. The summed E-state index contributed by atoms with van der Waals surface area (Å²) in [7, 11) is 0. The molecular formula is C12H20N2S. The van der Waals surface area contributed by atoms with Crippen LogP contribution in [0.15, 0.2) is 11.7 Å². The van der Waals surface area contributed by atoms with Crippen LogP contribution in [0.2, 0.25) is 0 Å². The Labute approximate surface area is 96.1 Å². The first kappa shape index (κ1) is 11.1. The normalized spacial score (nSPS) is 26.7. The molecule has 1 fully saturated rings. The van der Waals surface area contributed by atoms with Crippen LogP contribution in [0.5, 0.6) is 0 Å². The molecule has 0 aromatic carbocycles. The molecule has 1 saturated carbocycles. The summed E-state index contributed by atoms with van der Waals surface area (Å²) < 4.78 is 0. The molecule has 0 bridgehead atoms. The molecule has 1 N–H and O–H groups in total. The van der Waals surface area contributed by atoms with Gasteiger partial charge < -0.3 is 5.32 Å². The van der Waals surface area contributed by atoms with Crippen molar-refractivity contribution in [2.24, 2.45) is 11.8 Å². The topological polar surface area (TPSA) is 24.9 Å². The van der Waals surface area contributed by atoms with Crippen molar-refractivity contribution >= 4 is 11.3 Å². The Morgan fingerprint density at radius 1 is 1.53 bits per heavy atom. The maximum Gasteiger partial charge on any atom is 0.0794 e. The molecule has 0 saturated heterocycles. The second-order valence-corrected chi connectivity index (χ2v) is 5.71. The minimum Gasteiger partial charge on any atom is -0.312 e. The van der Waals surface area contributed by atoms with Crippen molar-refractivity contribution in [1.82, 2.24) is 10.3 Å². The van der Waals surface area contributed by atoms with Crippen molar-refractivity contribution in [3.05, 3.63) is 16.6 Å². The maximum atomic E-state index is 4.08. The monoisotopic (exact) mass is 224 g/mol. The highest BCUT2D eigenvalue weighted by Gasteiger charge is 2.18. The molecule has 2 rings (SSSR count). The van der Waals surface area contributed by atoms with Crippen LogP contribution in [0, 0.1) is 11.8 Å². The van der Waals surface area contributed by atoms with Gasteiger partial charge in [0.2, 0.25) is 0 Å². The predicted molar refractivity (Wildman–Crippen MR) is 64.9 cm³/mol. The Balaban J connectivity index is 1.65. The van der Waals surface area contributed by atoms with E-state index >= 15 is 0 Å². The van der Waals surface area contributed by atoms with E-state index in [0.29, 0.717) is 0 Å². The fraction of sp³-hybridized carbons (Fsp3) is 0.750. The Morgan fingerprint density at radius 3 is 3.20 bits per heavy atom. The molecule has 0 spiro atoms. The molecule has 1 aromatic heterocycles. The predicted octanol–water partition coefficient (Wildman–Crippen LogP) is 3.06. The Morgan fingerprint density at radius 2 is 2.47 bits per heavy atom. The first-order chi connectivity index (χ1) is 7.34. The van der Waals surface area contributed by atoms with Crippen LogP contribution in [0.4, 0.5) is 0 Å². The van der Waals surface area contributed by atoms with Crippen molar-refractivity contribution < 1.29 is 0 Å². The van der Waals surface area contributed by atoms with Gasteiger partial charge >= 0.3 is 0 Å². The van der Waals surface area contributed by atoms with Gasteiger partial charge in [0.15, 0.2) is 0 Å². The molecule has 3 heteroatoms. The first-order valence-electron chi connectivity index (χ1n) is 5.92. The summed E-state index contributed by atoms with van der Waals surface area (Å²) in [6, 6.07) is 0. The van der Waals surface area contributed by atoms with Gasteiger partial charge in [0.25, 0.3) is 0 Å². The van der Waals surface area contributed by atoms with Gasteiger partial charge in [-0.2, -0.15) is 0 Å². The van der Waals surface area contributed by atoms with Crippen LogP contribution in [0.3, 0.4) is 0 Å². The lowest BCUT2D eigenvalue weighted by Crippen LogP contribution is -2.26. The average Bonchev–Trinajstić information content (AvgIpc) is 2.71. The van der Waals surface area contributed by atoms with E-state index in [-0.39, 0.29) is 0 Å². The van der Waals surface area contributed by atoms with Gasteiger partial charge in [0, 0.05) is 17.6 Å². The number of nitrogens with zero attached hydrogens (tertiary/aromatic N) is 1. The smallest absolute Gasteiger partial charge is 0.0794 e. The van der Waals surface area contributed by atoms with E-state index in [2.05, 4.69) is 17.2 Å². The molecule has 0 radical (unpaired) electrons. The van der Waals surface area contributed by atoms with Gasteiger partial charge in [0.05, 0.1) is 5.51 Å².